The smallest absolute Gasteiger partial charge is 0.251 e. The quantitative estimate of drug-likeness (QED) is 0.762. The number of ether oxygens (including phenoxy) is 1. The lowest BCUT2D eigenvalue weighted by Gasteiger charge is -2.36. The lowest BCUT2D eigenvalue weighted by atomic mass is 9.88. The summed E-state index contributed by atoms with van der Waals surface area (Å²) in [7, 11) is 0. The van der Waals surface area contributed by atoms with Gasteiger partial charge in [0.2, 0.25) is 0 Å². The molecule has 2 fully saturated rings. The lowest BCUT2D eigenvalue weighted by molar-refractivity contribution is -0.152. The number of carbonyl (C=O) groups excluding carboxylic acids is 1. The minimum Gasteiger partial charge on any atom is -0.365 e. The van der Waals surface area contributed by atoms with Gasteiger partial charge in [0.15, 0.2) is 0 Å². The van der Waals surface area contributed by atoms with Gasteiger partial charge in [0.1, 0.15) is 6.10 Å². The Balaban J connectivity index is 1.92. The Labute approximate surface area is 130 Å². The van der Waals surface area contributed by atoms with Crippen molar-refractivity contribution >= 4 is 5.91 Å². The molecule has 3 heteroatoms. The van der Waals surface area contributed by atoms with Crippen molar-refractivity contribution < 1.29 is 9.53 Å². The van der Waals surface area contributed by atoms with Gasteiger partial charge in [0.25, 0.3) is 5.91 Å². The molecule has 0 N–H and O–H groups in total. The molecule has 0 spiro atoms. The van der Waals surface area contributed by atoms with Crippen molar-refractivity contribution in [3.05, 3.63) is 0 Å². The fraction of sp³-hybridized carbons (Fsp3) is 0.944. The molecular formula is C18H33NO2. The van der Waals surface area contributed by atoms with Crippen LogP contribution in [0, 0.1) is 5.92 Å². The van der Waals surface area contributed by atoms with Gasteiger partial charge >= 0.3 is 0 Å². The van der Waals surface area contributed by atoms with Crippen molar-refractivity contribution in [2.24, 2.45) is 5.92 Å². The van der Waals surface area contributed by atoms with Gasteiger partial charge in [-0.25, -0.2) is 0 Å². The first-order valence-corrected chi connectivity index (χ1v) is 8.96. The third-order valence-corrected chi connectivity index (χ3v) is 5.16. The molecule has 0 aliphatic heterocycles. The lowest BCUT2D eigenvalue weighted by Crippen LogP contribution is -2.49. The minimum absolute atomic E-state index is 0.204. The summed E-state index contributed by atoms with van der Waals surface area (Å²) in [5.74, 6) is 0.942. The van der Waals surface area contributed by atoms with E-state index in [1.165, 1.54) is 25.7 Å². The van der Waals surface area contributed by atoms with Gasteiger partial charge in [-0.15, -0.1) is 0 Å². The summed E-state index contributed by atoms with van der Waals surface area (Å²) in [6, 6.07) is 0.714. The third kappa shape index (κ3) is 4.45. The molecule has 2 saturated carbocycles. The highest BCUT2D eigenvalue weighted by Crippen LogP contribution is 2.29. The second-order valence-corrected chi connectivity index (χ2v) is 7.45. The Hall–Kier alpha value is -0.570. The van der Waals surface area contributed by atoms with E-state index in [9.17, 15) is 4.79 Å². The molecule has 0 aromatic carbocycles. The van der Waals surface area contributed by atoms with Crippen LogP contribution in [0.25, 0.3) is 0 Å². The number of nitrogens with zero attached hydrogens (tertiary/aromatic N) is 1. The number of carbonyl (C=O) groups is 1. The maximum atomic E-state index is 12.8. The van der Waals surface area contributed by atoms with E-state index in [1.807, 2.05) is 6.92 Å². The van der Waals surface area contributed by atoms with Gasteiger partial charge < -0.3 is 9.64 Å². The van der Waals surface area contributed by atoms with E-state index in [1.54, 1.807) is 0 Å². The standard InChI is InChI=1S/C18H33NO2/c1-13(2)19(16-9-5-6-10-16)18(20)15(4)21-17-11-7-8-14(3)12-17/h13-17H,5-12H2,1-4H3/t14-,15-,17+/m1/s1. The second-order valence-electron chi connectivity index (χ2n) is 7.45. The number of rotatable bonds is 5. The van der Waals surface area contributed by atoms with E-state index in [-0.39, 0.29) is 24.2 Å². The number of hydrogen-bond acceptors (Lipinski definition) is 2. The Morgan fingerprint density at radius 3 is 2.29 bits per heavy atom. The number of amides is 1. The molecule has 0 aromatic heterocycles. The summed E-state index contributed by atoms with van der Waals surface area (Å²) in [6.45, 7) is 8.50. The van der Waals surface area contributed by atoms with Crippen molar-refractivity contribution in [2.75, 3.05) is 0 Å². The summed E-state index contributed by atoms with van der Waals surface area (Å²) < 4.78 is 6.12. The maximum Gasteiger partial charge on any atom is 0.251 e. The van der Waals surface area contributed by atoms with Crippen LogP contribution in [0.3, 0.4) is 0 Å². The maximum absolute atomic E-state index is 12.8. The van der Waals surface area contributed by atoms with Crippen LogP contribution >= 0.6 is 0 Å². The Bertz CT molecular complexity index is 336. The molecule has 122 valence electrons. The van der Waals surface area contributed by atoms with Gasteiger partial charge in [0, 0.05) is 12.1 Å². The predicted molar refractivity (Wildman–Crippen MR) is 86.2 cm³/mol. The zero-order chi connectivity index (χ0) is 15.4. The van der Waals surface area contributed by atoms with Crippen LogP contribution in [-0.4, -0.2) is 35.1 Å². The molecule has 0 radical (unpaired) electrons. The van der Waals surface area contributed by atoms with Crippen LogP contribution in [0.5, 0.6) is 0 Å². The predicted octanol–water partition coefficient (Wildman–Crippen LogP) is 4.15. The summed E-state index contributed by atoms with van der Waals surface area (Å²) in [4.78, 5) is 14.9. The zero-order valence-electron chi connectivity index (χ0n) is 14.3. The van der Waals surface area contributed by atoms with Crippen molar-refractivity contribution in [2.45, 2.75) is 103 Å². The van der Waals surface area contributed by atoms with E-state index in [0.29, 0.717) is 6.04 Å². The van der Waals surface area contributed by atoms with E-state index in [0.717, 1.165) is 31.6 Å². The van der Waals surface area contributed by atoms with E-state index in [4.69, 9.17) is 4.74 Å². The SMILES string of the molecule is CC(C)N(C(=O)[C@@H](C)O[C@H]1CCC[C@@H](C)C1)C1CCCC1. The molecule has 0 heterocycles. The Morgan fingerprint density at radius 1 is 1.05 bits per heavy atom. The fourth-order valence-electron chi connectivity index (χ4n) is 4.10. The van der Waals surface area contributed by atoms with Gasteiger partial charge in [-0.1, -0.05) is 32.6 Å². The second kappa shape index (κ2) is 7.62. The molecule has 2 rings (SSSR count). The van der Waals surface area contributed by atoms with Gasteiger partial charge in [-0.05, 0) is 52.4 Å². The molecule has 3 atom stereocenters. The van der Waals surface area contributed by atoms with Crippen LogP contribution in [0.4, 0.5) is 0 Å². The third-order valence-electron chi connectivity index (χ3n) is 5.16. The topological polar surface area (TPSA) is 29.5 Å². The Kier molecular flexibility index (Phi) is 6.09. The van der Waals surface area contributed by atoms with Crippen LogP contribution in [-0.2, 0) is 9.53 Å². The summed E-state index contributed by atoms with van der Waals surface area (Å²) >= 11 is 0. The first kappa shape index (κ1) is 16.8. The molecule has 0 saturated heterocycles. The van der Waals surface area contributed by atoms with Crippen molar-refractivity contribution in [3.63, 3.8) is 0 Å². The summed E-state index contributed by atoms with van der Waals surface area (Å²) in [5, 5.41) is 0. The highest BCUT2D eigenvalue weighted by molar-refractivity contribution is 5.81. The summed E-state index contributed by atoms with van der Waals surface area (Å²) in [6.07, 6.45) is 9.62. The van der Waals surface area contributed by atoms with Crippen molar-refractivity contribution in [1.29, 1.82) is 0 Å². The van der Waals surface area contributed by atoms with Gasteiger partial charge in [0.05, 0.1) is 6.10 Å². The Morgan fingerprint density at radius 2 is 1.71 bits per heavy atom. The monoisotopic (exact) mass is 295 g/mol. The normalized spacial score (nSPS) is 28.8. The van der Waals surface area contributed by atoms with Crippen LogP contribution in [0.2, 0.25) is 0 Å². The summed E-state index contributed by atoms with van der Waals surface area (Å²) in [5.41, 5.74) is 0. The van der Waals surface area contributed by atoms with Gasteiger partial charge in [-0.2, -0.15) is 0 Å². The average Bonchev–Trinajstić information content (AvgIpc) is 2.92. The van der Waals surface area contributed by atoms with Crippen molar-refractivity contribution in [3.8, 4) is 0 Å². The molecule has 2 aliphatic rings. The van der Waals surface area contributed by atoms with Crippen molar-refractivity contribution in [1.82, 2.24) is 4.90 Å². The highest BCUT2D eigenvalue weighted by Gasteiger charge is 2.33. The van der Waals surface area contributed by atoms with Crippen LogP contribution in [0.1, 0.15) is 79.1 Å². The molecule has 2 aliphatic carbocycles. The highest BCUT2D eigenvalue weighted by atomic mass is 16.5. The molecule has 0 bridgehead atoms. The van der Waals surface area contributed by atoms with E-state index in [2.05, 4.69) is 25.7 Å². The zero-order valence-corrected chi connectivity index (χ0v) is 14.3. The first-order chi connectivity index (χ1) is 9.99. The fourth-order valence-corrected chi connectivity index (χ4v) is 4.10. The molecule has 3 nitrogen and oxygen atoms in total. The number of hydrogen-bond donors (Lipinski definition) is 0. The van der Waals surface area contributed by atoms with Gasteiger partial charge in [-0.3, -0.25) is 4.79 Å². The largest absolute Gasteiger partial charge is 0.365 e. The van der Waals surface area contributed by atoms with Crippen LogP contribution < -0.4 is 0 Å². The molecular weight excluding hydrogens is 262 g/mol. The van der Waals surface area contributed by atoms with E-state index < -0.39 is 0 Å². The average molecular weight is 295 g/mol. The first-order valence-electron chi connectivity index (χ1n) is 8.96. The van der Waals surface area contributed by atoms with E-state index >= 15 is 0 Å². The molecule has 0 aromatic rings. The van der Waals surface area contributed by atoms with Crippen LogP contribution in [0.15, 0.2) is 0 Å². The molecule has 1 amide bonds. The molecule has 0 unspecified atom stereocenters. The molecule has 21 heavy (non-hydrogen) atoms. The minimum atomic E-state index is -0.289.